The second-order valence-corrected chi connectivity index (χ2v) is 6.66. The van der Waals surface area contributed by atoms with E-state index in [1.54, 1.807) is 18.2 Å². The molecule has 1 aromatic rings. The van der Waals surface area contributed by atoms with Gasteiger partial charge >= 0.3 is 0 Å². The smallest absolute Gasteiger partial charge is 0.208 e. The van der Waals surface area contributed by atoms with Crippen molar-refractivity contribution in [1.82, 2.24) is 10.0 Å². The maximum atomic E-state index is 10.8. The SMILES string of the molecule is CS(=O)(=O)NCCCNCc1cc(O)ccc1Br. The van der Waals surface area contributed by atoms with Crippen LogP contribution < -0.4 is 10.0 Å². The van der Waals surface area contributed by atoms with Gasteiger partial charge in [0.1, 0.15) is 5.75 Å². The third-order valence-electron chi connectivity index (χ3n) is 2.24. The fourth-order valence-electron chi connectivity index (χ4n) is 1.39. The van der Waals surface area contributed by atoms with E-state index in [1.807, 2.05) is 0 Å². The average molecular weight is 337 g/mol. The van der Waals surface area contributed by atoms with Crippen LogP contribution in [0.15, 0.2) is 22.7 Å². The summed E-state index contributed by atoms with van der Waals surface area (Å²) in [6, 6.07) is 5.09. The number of hydrogen-bond donors (Lipinski definition) is 3. The molecule has 0 spiro atoms. The molecule has 1 aromatic carbocycles. The Hall–Kier alpha value is -0.630. The van der Waals surface area contributed by atoms with Crippen molar-refractivity contribution in [3.8, 4) is 5.75 Å². The lowest BCUT2D eigenvalue weighted by molar-refractivity contribution is 0.474. The zero-order valence-corrected chi connectivity index (χ0v) is 12.5. The molecule has 0 atom stereocenters. The lowest BCUT2D eigenvalue weighted by Gasteiger charge is -2.07. The van der Waals surface area contributed by atoms with E-state index in [1.165, 1.54) is 0 Å². The summed E-state index contributed by atoms with van der Waals surface area (Å²) < 4.78 is 25.0. The Morgan fingerprint density at radius 3 is 2.72 bits per heavy atom. The van der Waals surface area contributed by atoms with E-state index < -0.39 is 10.0 Å². The number of benzene rings is 1. The number of rotatable bonds is 7. The molecule has 0 saturated carbocycles. The monoisotopic (exact) mass is 336 g/mol. The number of hydrogen-bond acceptors (Lipinski definition) is 4. The molecule has 0 aromatic heterocycles. The van der Waals surface area contributed by atoms with Crippen LogP contribution in [0, 0.1) is 0 Å². The highest BCUT2D eigenvalue weighted by atomic mass is 79.9. The van der Waals surface area contributed by atoms with Crippen molar-refractivity contribution >= 4 is 26.0 Å². The van der Waals surface area contributed by atoms with Crippen molar-refractivity contribution in [2.75, 3.05) is 19.3 Å². The molecule has 0 aliphatic carbocycles. The van der Waals surface area contributed by atoms with Crippen LogP contribution in [0.2, 0.25) is 0 Å². The van der Waals surface area contributed by atoms with E-state index in [0.29, 0.717) is 26.1 Å². The van der Waals surface area contributed by atoms with Crippen molar-refractivity contribution in [3.05, 3.63) is 28.2 Å². The van der Waals surface area contributed by atoms with E-state index in [9.17, 15) is 13.5 Å². The average Bonchev–Trinajstić information content (AvgIpc) is 2.26. The Morgan fingerprint density at radius 2 is 2.06 bits per heavy atom. The van der Waals surface area contributed by atoms with Gasteiger partial charge in [0.25, 0.3) is 0 Å². The summed E-state index contributed by atoms with van der Waals surface area (Å²) in [6.07, 6.45) is 1.85. The Labute approximate surface area is 116 Å². The summed E-state index contributed by atoms with van der Waals surface area (Å²) in [7, 11) is -3.09. The molecule has 0 unspecified atom stereocenters. The molecule has 102 valence electrons. The standard InChI is InChI=1S/C11H17BrN2O3S/c1-18(16,17)14-6-2-5-13-8-9-7-10(15)3-4-11(9)12/h3-4,7,13-15H,2,5-6,8H2,1H3. The fraction of sp³-hybridized carbons (Fsp3) is 0.455. The molecule has 7 heteroatoms. The van der Waals surface area contributed by atoms with Gasteiger partial charge in [-0.2, -0.15) is 0 Å². The number of halogens is 1. The Morgan fingerprint density at radius 1 is 1.33 bits per heavy atom. The number of sulfonamides is 1. The van der Waals surface area contributed by atoms with Crippen molar-refractivity contribution in [3.63, 3.8) is 0 Å². The van der Waals surface area contributed by atoms with Crippen LogP contribution in [0.5, 0.6) is 5.75 Å². The topological polar surface area (TPSA) is 78.4 Å². The van der Waals surface area contributed by atoms with Gasteiger partial charge in [-0.05, 0) is 36.7 Å². The third-order valence-corrected chi connectivity index (χ3v) is 3.74. The van der Waals surface area contributed by atoms with Crippen LogP contribution >= 0.6 is 15.9 Å². The molecule has 1 rings (SSSR count). The highest BCUT2D eigenvalue weighted by Gasteiger charge is 2.01. The van der Waals surface area contributed by atoms with Crippen LogP contribution in [0.25, 0.3) is 0 Å². The van der Waals surface area contributed by atoms with E-state index >= 15 is 0 Å². The summed E-state index contributed by atoms with van der Waals surface area (Å²) in [5, 5.41) is 12.5. The maximum absolute atomic E-state index is 10.8. The Balaban J connectivity index is 2.24. The summed E-state index contributed by atoms with van der Waals surface area (Å²) >= 11 is 3.40. The van der Waals surface area contributed by atoms with Crippen molar-refractivity contribution < 1.29 is 13.5 Å². The highest BCUT2D eigenvalue weighted by molar-refractivity contribution is 9.10. The second-order valence-electron chi connectivity index (χ2n) is 3.97. The first-order chi connectivity index (χ1) is 8.38. The minimum Gasteiger partial charge on any atom is -0.508 e. The predicted molar refractivity (Wildman–Crippen MR) is 75.0 cm³/mol. The number of nitrogens with one attached hydrogen (secondary N) is 2. The minimum absolute atomic E-state index is 0.230. The first-order valence-electron chi connectivity index (χ1n) is 5.51. The van der Waals surface area contributed by atoms with Crippen LogP contribution in [-0.2, 0) is 16.6 Å². The van der Waals surface area contributed by atoms with Gasteiger partial charge in [0.05, 0.1) is 6.26 Å². The van der Waals surface area contributed by atoms with Gasteiger partial charge in [0.2, 0.25) is 10.0 Å². The van der Waals surface area contributed by atoms with Gasteiger partial charge < -0.3 is 10.4 Å². The zero-order valence-electron chi connectivity index (χ0n) is 10.1. The van der Waals surface area contributed by atoms with Crippen LogP contribution in [-0.4, -0.2) is 32.9 Å². The van der Waals surface area contributed by atoms with Gasteiger partial charge in [-0.25, -0.2) is 13.1 Å². The molecule has 0 saturated heterocycles. The molecular weight excluding hydrogens is 320 g/mol. The predicted octanol–water partition coefficient (Wildman–Crippen LogP) is 1.18. The second kappa shape index (κ2) is 7.08. The van der Waals surface area contributed by atoms with E-state index in [2.05, 4.69) is 26.0 Å². The molecule has 0 aliphatic heterocycles. The zero-order chi connectivity index (χ0) is 13.6. The van der Waals surface area contributed by atoms with Gasteiger partial charge in [-0.15, -0.1) is 0 Å². The first-order valence-corrected chi connectivity index (χ1v) is 8.19. The molecule has 0 amide bonds. The fourth-order valence-corrected chi connectivity index (χ4v) is 2.29. The van der Waals surface area contributed by atoms with Gasteiger partial charge in [-0.3, -0.25) is 0 Å². The van der Waals surface area contributed by atoms with Crippen LogP contribution in [0.3, 0.4) is 0 Å². The number of phenols is 1. The summed E-state index contributed by atoms with van der Waals surface area (Å²) in [5.41, 5.74) is 0.964. The van der Waals surface area contributed by atoms with E-state index in [0.717, 1.165) is 16.3 Å². The highest BCUT2D eigenvalue weighted by Crippen LogP contribution is 2.21. The quantitative estimate of drug-likeness (QED) is 0.653. The summed E-state index contributed by atoms with van der Waals surface area (Å²) in [6.45, 7) is 1.74. The third kappa shape index (κ3) is 6.34. The first kappa shape index (κ1) is 15.4. The molecule has 0 heterocycles. The summed E-state index contributed by atoms with van der Waals surface area (Å²) in [4.78, 5) is 0. The molecule has 0 fully saturated rings. The minimum atomic E-state index is -3.09. The Kier molecular flexibility index (Phi) is 6.07. The van der Waals surface area contributed by atoms with Crippen LogP contribution in [0.4, 0.5) is 0 Å². The van der Waals surface area contributed by atoms with Crippen molar-refractivity contribution in [2.45, 2.75) is 13.0 Å². The maximum Gasteiger partial charge on any atom is 0.208 e. The molecule has 5 nitrogen and oxygen atoms in total. The molecular formula is C11H17BrN2O3S. The van der Waals surface area contributed by atoms with E-state index in [-0.39, 0.29) is 5.75 Å². The molecule has 0 aliphatic rings. The lowest BCUT2D eigenvalue weighted by Crippen LogP contribution is -2.26. The van der Waals surface area contributed by atoms with Crippen LogP contribution in [0.1, 0.15) is 12.0 Å². The lowest BCUT2D eigenvalue weighted by atomic mass is 10.2. The van der Waals surface area contributed by atoms with Crippen molar-refractivity contribution in [1.29, 1.82) is 0 Å². The van der Waals surface area contributed by atoms with E-state index in [4.69, 9.17) is 0 Å². The molecule has 3 N–H and O–H groups in total. The number of phenolic OH excluding ortho intramolecular Hbond substituents is 1. The molecule has 18 heavy (non-hydrogen) atoms. The molecule has 0 bridgehead atoms. The Bertz CT molecular complexity index is 491. The molecule has 0 radical (unpaired) electrons. The van der Waals surface area contributed by atoms with Gasteiger partial charge in [-0.1, -0.05) is 15.9 Å². The largest absolute Gasteiger partial charge is 0.508 e. The summed E-state index contributed by atoms with van der Waals surface area (Å²) in [5.74, 6) is 0.230. The number of aromatic hydroxyl groups is 1. The van der Waals surface area contributed by atoms with Gasteiger partial charge in [0.15, 0.2) is 0 Å². The normalized spacial score (nSPS) is 11.7. The van der Waals surface area contributed by atoms with Gasteiger partial charge in [0, 0.05) is 17.6 Å². The van der Waals surface area contributed by atoms with Crippen molar-refractivity contribution in [2.24, 2.45) is 0 Å².